The number of benzene rings is 3. The average molecular weight is 1940 g/mol. The van der Waals surface area contributed by atoms with Gasteiger partial charge < -0.3 is 130 Å². The van der Waals surface area contributed by atoms with E-state index >= 15 is 52.7 Å². The highest BCUT2D eigenvalue weighted by atomic mass is 32.2. The summed E-state index contributed by atoms with van der Waals surface area (Å²) in [7, 11) is 2.70. The number of carboxylic acids is 1. The van der Waals surface area contributed by atoms with Gasteiger partial charge in [0.05, 0.1) is 55.4 Å². The van der Waals surface area contributed by atoms with Crippen molar-refractivity contribution >= 4 is 140 Å². The van der Waals surface area contributed by atoms with E-state index in [0.29, 0.717) is 77.0 Å². The number of thioether (sulfide) groups is 1. The molecule has 0 bridgehead atoms. The number of aliphatic carboxylic acids is 1. The van der Waals surface area contributed by atoms with Gasteiger partial charge >= 0.3 is 5.97 Å². The Hall–Kier alpha value is -13.6. The molecule has 15 amide bonds. The van der Waals surface area contributed by atoms with E-state index < -0.39 is 247 Å². The number of para-hydroxylation sites is 2. The van der Waals surface area contributed by atoms with Gasteiger partial charge in [0.15, 0.2) is 11.7 Å². The number of rotatable bonds is 27. The van der Waals surface area contributed by atoms with Gasteiger partial charge in [-0.2, -0.15) is 0 Å². The van der Waals surface area contributed by atoms with E-state index in [4.69, 9.17) is 22.6 Å². The number of fused-ring (bicyclic) bond motifs is 5. The summed E-state index contributed by atoms with van der Waals surface area (Å²) in [6, 6.07) is -0.239. The second-order valence-corrected chi connectivity index (χ2v) is 36.4. The Labute approximate surface area is 801 Å². The fourth-order valence-electron chi connectivity index (χ4n) is 17.9. The summed E-state index contributed by atoms with van der Waals surface area (Å²) in [5.41, 5.74) is 20.1. The van der Waals surface area contributed by atoms with Crippen LogP contribution >= 0.6 is 11.8 Å². The van der Waals surface area contributed by atoms with Crippen LogP contribution in [0, 0.1) is 11.3 Å². The number of carbonyl (C=O) groups excluding carboxylic acids is 16. The van der Waals surface area contributed by atoms with Crippen molar-refractivity contribution in [2.75, 3.05) is 71.5 Å². The zero-order valence-corrected chi connectivity index (χ0v) is 78.7. The molecule has 7 heterocycles. The molecule has 0 spiro atoms. The number of carbonyl (C=O) groups is 17. The summed E-state index contributed by atoms with van der Waals surface area (Å²) in [5, 5.41) is 79.3. The summed E-state index contributed by atoms with van der Waals surface area (Å²) in [4.78, 5) is 271. The van der Waals surface area contributed by atoms with E-state index in [0.717, 1.165) is 31.4 Å². The molecular formula is C93H129N23O21S. The van der Waals surface area contributed by atoms with Crippen LogP contribution in [-0.4, -0.2) is 327 Å². The normalized spacial score (nSPS) is 25.0. The van der Waals surface area contributed by atoms with E-state index in [9.17, 15) is 49.2 Å². The fraction of sp³-hybridized carbons (Fsp3) is 0.538. The number of piperidine rings is 1. The lowest BCUT2D eigenvalue weighted by Crippen LogP contribution is -2.61. The van der Waals surface area contributed by atoms with E-state index in [1.54, 1.807) is 60.9 Å². The Kier molecular flexibility index (Phi) is 39.8. The number of amides is 15. The lowest BCUT2D eigenvalue weighted by Gasteiger charge is -2.38. The molecule has 4 aliphatic rings. The van der Waals surface area contributed by atoms with E-state index in [-0.39, 0.29) is 121 Å². The van der Waals surface area contributed by atoms with Gasteiger partial charge in [0.25, 0.3) is 0 Å². The van der Waals surface area contributed by atoms with Crippen LogP contribution in [0.3, 0.4) is 0 Å². The van der Waals surface area contributed by atoms with Crippen LogP contribution < -0.4 is 70.4 Å². The molecule has 4 saturated heterocycles. The summed E-state index contributed by atoms with van der Waals surface area (Å²) >= 11 is 0.771. The highest BCUT2D eigenvalue weighted by molar-refractivity contribution is 8.00. The maximum atomic E-state index is 15.8. The molecule has 748 valence electrons. The Morgan fingerprint density at radius 2 is 1.10 bits per heavy atom. The van der Waals surface area contributed by atoms with Gasteiger partial charge in [0.2, 0.25) is 88.6 Å². The van der Waals surface area contributed by atoms with Crippen molar-refractivity contribution in [2.24, 2.45) is 23.1 Å². The molecule has 0 radical (unpaired) electrons. The van der Waals surface area contributed by atoms with Crippen molar-refractivity contribution in [3.05, 3.63) is 120 Å². The second kappa shape index (κ2) is 51.6. The number of likely N-dealkylation sites (N-methyl/N-ethyl adjacent to an activating group) is 2. The number of aromatic amines is 3. The number of guanidine groups is 1. The van der Waals surface area contributed by atoms with Crippen molar-refractivity contribution in [3.8, 4) is 5.75 Å². The predicted octanol–water partition coefficient (Wildman–Crippen LogP) is -2.01. The van der Waals surface area contributed by atoms with Gasteiger partial charge in [0.1, 0.15) is 78.3 Å². The average Bonchev–Trinajstić information content (AvgIpc) is 1.67. The maximum absolute atomic E-state index is 15.8. The summed E-state index contributed by atoms with van der Waals surface area (Å²) in [6.07, 6.45) is 3.34. The molecule has 0 unspecified atom stereocenters. The molecule has 138 heavy (non-hydrogen) atoms. The number of phenolic OH excluding ortho intramolecular Hbond substituents is 1. The largest absolute Gasteiger partial charge is 0.508 e. The number of aromatic nitrogens is 4. The van der Waals surface area contributed by atoms with Crippen molar-refractivity contribution in [1.82, 2.24) is 97.6 Å². The molecule has 15 atom stereocenters. The first-order chi connectivity index (χ1) is 66.1. The first-order valence-electron chi connectivity index (χ1n) is 46.8. The molecule has 24 N–H and O–H groups in total. The molecule has 4 aliphatic heterocycles. The number of nitrogens with two attached hydrogens (primary N) is 3. The zero-order valence-electron chi connectivity index (χ0n) is 77.9. The molecule has 10 rings (SSSR count). The van der Waals surface area contributed by atoms with Crippen LogP contribution in [0.15, 0.2) is 97.7 Å². The van der Waals surface area contributed by atoms with E-state index in [2.05, 4.69) is 73.1 Å². The minimum absolute atomic E-state index is 0.00509. The molecule has 45 heteroatoms. The molecule has 3 aromatic heterocycles. The first-order valence-corrected chi connectivity index (χ1v) is 47.9. The number of imidazole rings is 1. The number of nitrogens with one attached hydrogen (secondary N) is 14. The van der Waals surface area contributed by atoms with Gasteiger partial charge in [-0.1, -0.05) is 88.1 Å². The quantitative estimate of drug-likeness (QED) is 0.0150. The van der Waals surface area contributed by atoms with Crippen molar-refractivity contribution in [1.29, 1.82) is 5.41 Å². The highest BCUT2D eigenvalue weighted by Crippen LogP contribution is 2.30. The Balaban J connectivity index is 1.03. The van der Waals surface area contributed by atoms with Crippen LogP contribution in [0.5, 0.6) is 5.75 Å². The lowest BCUT2D eigenvalue weighted by atomic mass is 9.93. The summed E-state index contributed by atoms with van der Waals surface area (Å²) in [6.45, 7) is 1.17. The third-order valence-corrected chi connectivity index (χ3v) is 26.4. The van der Waals surface area contributed by atoms with Gasteiger partial charge in [-0.25, -0.2) is 4.98 Å². The van der Waals surface area contributed by atoms with Gasteiger partial charge in [-0.3, -0.25) is 86.9 Å². The summed E-state index contributed by atoms with van der Waals surface area (Å²) < 4.78 is 0. The number of nitrogens with zero attached hydrogens (tertiary/aromatic N) is 6. The number of ketones is 1. The number of H-pyrrole nitrogens is 3. The Bertz CT molecular complexity index is 5310. The number of aromatic hydroxyl groups is 1. The van der Waals surface area contributed by atoms with Crippen LogP contribution in [-0.2, 0) is 107 Å². The maximum Gasteiger partial charge on any atom is 0.305 e. The topological polar surface area (TPSA) is 670 Å². The monoisotopic (exact) mass is 1940 g/mol. The number of hydrogen-bond donors (Lipinski definition) is 21. The molecule has 6 aromatic rings. The number of aliphatic hydroxyl groups is 2. The molecule has 44 nitrogen and oxygen atoms in total. The number of hydrogen-bond acceptors (Lipinski definition) is 24. The highest BCUT2D eigenvalue weighted by Gasteiger charge is 2.47. The van der Waals surface area contributed by atoms with Gasteiger partial charge in [-0.05, 0) is 118 Å². The zero-order chi connectivity index (χ0) is 100.0. The molecule has 0 saturated carbocycles. The third kappa shape index (κ3) is 29.3. The van der Waals surface area contributed by atoms with Crippen LogP contribution in [0.25, 0.3) is 21.8 Å². The fourth-order valence-corrected chi connectivity index (χ4v) is 18.7. The number of Topliss-reactive ketones (excluding diaryl/α,β-unsaturated/α-hetero) is 1. The van der Waals surface area contributed by atoms with E-state index in [1.165, 1.54) is 55.8 Å². The Morgan fingerprint density at radius 3 is 1.72 bits per heavy atom. The standard InChI is InChI=1S/C93H129N23O21S/c1-5-7-24-71-84(129)105-63(23-16-33-99-93(96)97)82(127)111-70(81(126)102-46-77(95)121)49-138-50-78(122)104-67(36-52-28-30-57(118)31-29-52)90(135)114-34-14-13-26-72(114)86(131)110-69(42-79(123)124)91(136)115-35-17-27-73(115)85(130)108-66(40-56-45-98-51-103-56)83(128)106-64(22-15-32-94)89(134)116-47-58(119)41-75(116)87(132)107-65(37-53-43-100-61-20-11-9-18-59(53)61)76(120)39-55(48-117)80(125)109-68(38-54-44-101-62-21-12-10-19-60(54)62)88(133)113(4)74(25-8-6-2)92(137)112(71)3/h9-12,18-21,28-31,43-45,51,55,58,63-75,100-101,117-119H,5-8,13-17,22-27,32-42,46-50,94H2,1-4H3,(H2,95,121)(H,98,103)(H,102,126)(H,104,122)(H,105,129)(H,106,128)(H,107,132)(H,108,130)(H,109,125)(H,110,131)(H,111,127)(H,123,124)(H4,96,97,99)/t55-,58+,63-,64-,65-,66-,67-,68-,69-,70-,71-,72-,73-,74-,75-/m0/s1. The van der Waals surface area contributed by atoms with Gasteiger partial charge in [-0.15, -0.1) is 11.8 Å². The molecule has 3 aromatic carbocycles. The van der Waals surface area contributed by atoms with E-state index in [1.807, 2.05) is 13.8 Å². The lowest BCUT2D eigenvalue weighted by molar-refractivity contribution is -0.149. The van der Waals surface area contributed by atoms with Crippen molar-refractivity contribution < 1.29 is 102 Å². The molecular weight excluding hydrogens is 1810 g/mol. The minimum atomic E-state index is -1.89. The number of carboxylic acid groups (broad SMARTS) is 1. The summed E-state index contributed by atoms with van der Waals surface area (Å²) in [5.74, 6) is -19.5. The van der Waals surface area contributed by atoms with Crippen molar-refractivity contribution in [3.63, 3.8) is 0 Å². The first kappa shape index (κ1) is 106. The van der Waals surface area contributed by atoms with Crippen molar-refractivity contribution in [2.45, 2.75) is 240 Å². The van der Waals surface area contributed by atoms with Gasteiger partial charge in [0, 0.05) is 125 Å². The number of phenols is 1. The number of unbranched alkanes of at least 4 members (excludes halogenated alkanes) is 2. The third-order valence-electron chi connectivity index (χ3n) is 25.3. The molecule has 4 fully saturated rings. The minimum Gasteiger partial charge on any atom is -0.508 e. The second-order valence-electron chi connectivity index (χ2n) is 35.4. The number of aliphatic hydroxyl groups excluding tert-OH is 2. The number of primary amides is 1. The van der Waals surface area contributed by atoms with Crippen LogP contribution in [0.1, 0.15) is 152 Å². The Morgan fingerprint density at radius 1 is 0.551 bits per heavy atom. The predicted molar refractivity (Wildman–Crippen MR) is 505 cm³/mol. The molecule has 0 aliphatic carbocycles. The van der Waals surface area contributed by atoms with Crippen LogP contribution in [0.4, 0.5) is 0 Å². The van der Waals surface area contributed by atoms with Crippen LogP contribution in [0.2, 0.25) is 0 Å². The smallest absolute Gasteiger partial charge is 0.305 e. The SMILES string of the molecule is CCCC[C@H]1C(=O)N(C)[C@@H](CCCC)C(=O)N[C@@H](CCCNC(=N)N)C(=O)N[C@H](C(=O)NCC(N)=O)CSCC(=O)N[C@@H](Cc2ccc(O)cc2)C(=O)N2CCCC[C@H]2C(=O)N[C@@H](CC(=O)O)C(=O)N2CCC[C@H]2C(=O)N[C@@H](Cc2c[nH]cn2)C(=O)N[C@@H](CCCN)C(=O)N2C[C@H](O)C[C@H]2C(=O)N[C@@H](Cc2c[nH]c3ccccc23)C(=O)C[C@@H](CO)C(=O)N[C@@H](Cc2c[nH]c3ccccc23)C(=O)N1C.